The number of carbonyl (C=O) groups is 1. The minimum atomic E-state index is -4.49. The van der Waals surface area contributed by atoms with Crippen LogP contribution in [0.4, 0.5) is 18.9 Å². The lowest BCUT2D eigenvalue weighted by Crippen LogP contribution is -2.14. The van der Waals surface area contributed by atoms with E-state index in [1.165, 1.54) is 19.2 Å². The topological polar surface area (TPSA) is 38.3 Å². The SMILES string of the molecule is COc1ccccc1NC(=O)c1cccc(C(F)(F)F)c1. The van der Waals surface area contributed by atoms with Crippen molar-refractivity contribution in [2.45, 2.75) is 6.18 Å². The van der Waals surface area contributed by atoms with E-state index in [1.807, 2.05) is 0 Å². The number of rotatable bonds is 3. The number of halogens is 3. The van der Waals surface area contributed by atoms with E-state index in [2.05, 4.69) is 5.32 Å². The van der Waals surface area contributed by atoms with Crippen LogP contribution >= 0.6 is 0 Å². The Labute approximate surface area is 119 Å². The first kappa shape index (κ1) is 14.9. The van der Waals surface area contributed by atoms with Gasteiger partial charge >= 0.3 is 6.18 Å². The summed E-state index contributed by atoms with van der Waals surface area (Å²) in [6, 6.07) is 10.9. The van der Waals surface area contributed by atoms with Gasteiger partial charge in [0, 0.05) is 5.56 Å². The summed E-state index contributed by atoms with van der Waals surface area (Å²) in [5.41, 5.74) is -0.548. The number of carbonyl (C=O) groups excluding carboxylic acids is 1. The number of para-hydroxylation sites is 2. The van der Waals surface area contributed by atoms with E-state index in [0.717, 1.165) is 12.1 Å². The Balaban J connectivity index is 2.25. The Kier molecular flexibility index (Phi) is 4.16. The van der Waals surface area contributed by atoms with E-state index in [-0.39, 0.29) is 5.56 Å². The van der Waals surface area contributed by atoms with Crippen molar-refractivity contribution in [1.29, 1.82) is 0 Å². The Hall–Kier alpha value is -2.50. The maximum atomic E-state index is 12.6. The van der Waals surface area contributed by atoms with Crippen molar-refractivity contribution in [3.05, 3.63) is 59.7 Å². The number of ether oxygens (including phenoxy) is 1. The summed E-state index contributed by atoms with van der Waals surface area (Å²) in [5.74, 6) is -0.205. The molecular formula is C15H12F3NO2. The molecule has 0 aliphatic heterocycles. The van der Waals surface area contributed by atoms with Crippen LogP contribution in [0.2, 0.25) is 0 Å². The van der Waals surface area contributed by atoms with Crippen LogP contribution in [0.15, 0.2) is 48.5 Å². The molecule has 0 radical (unpaired) electrons. The predicted octanol–water partition coefficient (Wildman–Crippen LogP) is 3.97. The summed E-state index contributed by atoms with van der Waals surface area (Å²) in [4.78, 5) is 12.0. The highest BCUT2D eigenvalue weighted by molar-refractivity contribution is 6.05. The Morgan fingerprint density at radius 3 is 2.48 bits per heavy atom. The number of alkyl halides is 3. The second-order valence-electron chi connectivity index (χ2n) is 4.23. The second-order valence-corrected chi connectivity index (χ2v) is 4.23. The third-order valence-electron chi connectivity index (χ3n) is 2.81. The van der Waals surface area contributed by atoms with Crippen LogP contribution in [-0.2, 0) is 6.18 Å². The van der Waals surface area contributed by atoms with Gasteiger partial charge in [0.15, 0.2) is 0 Å². The molecule has 0 bridgehead atoms. The van der Waals surface area contributed by atoms with Crippen molar-refractivity contribution < 1.29 is 22.7 Å². The molecule has 0 heterocycles. The van der Waals surface area contributed by atoms with Crippen LogP contribution in [0.25, 0.3) is 0 Å². The van der Waals surface area contributed by atoms with Crippen molar-refractivity contribution in [2.24, 2.45) is 0 Å². The lowest BCUT2D eigenvalue weighted by Gasteiger charge is -2.11. The van der Waals surface area contributed by atoms with Crippen molar-refractivity contribution in [2.75, 3.05) is 12.4 Å². The average Bonchev–Trinajstić information content (AvgIpc) is 2.47. The van der Waals surface area contributed by atoms with Crippen LogP contribution in [0.1, 0.15) is 15.9 Å². The number of amides is 1. The molecule has 0 fully saturated rings. The average molecular weight is 295 g/mol. The second kappa shape index (κ2) is 5.87. The van der Waals surface area contributed by atoms with E-state index < -0.39 is 17.6 Å². The largest absolute Gasteiger partial charge is 0.495 e. The molecule has 2 aromatic carbocycles. The molecule has 110 valence electrons. The van der Waals surface area contributed by atoms with Gasteiger partial charge in [0.25, 0.3) is 5.91 Å². The summed E-state index contributed by atoms with van der Waals surface area (Å²) in [6.07, 6.45) is -4.49. The van der Waals surface area contributed by atoms with Gasteiger partial charge < -0.3 is 10.1 Å². The van der Waals surface area contributed by atoms with Gasteiger partial charge in [0.05, 0.1) is 18.4 Å². The molecule has 0 aromatic heterocycles. The Morgan fingerprint density at radius 2 is 1.81 bits per heavy atom. The molecule has 0 unspecified atom stereocenters. The number of methoxy groups -OCH3 is 1. The molecule has 0 atom stereocenters. The molecule has 3 nitrogen and oxygen atoms in total. The Morgan fingerprint density at radius 1 is 1.10 bits per heavy atom. The predicted molar refractivity (Wildman–Crippen MR) is 72.4 cm³/mol. The first-order valence-electron chi connectivity index (χ1n) is 6.03. The summed E-state index contributed by atoms with van der Waals surface area (Å²) >= 11 is 0. The van der Waals surface area contributed by atoms with Gasteiger partial charge in [-0.3, -0.25) is 4.79 Å². The first-order chi connectivity index (χ1) is 9.91. The van der Waals surface area contributed by atoms with E-state index >= 15 is 0 Å². The van der Waals surface area contributed by atoms with Crippen LogP contribution in [-0.4, -0.2) is 13.0 Å². The summed E-state index contributed by atoms with van der Waals surface area (Å²) < 4.78 is 42.9. The molecule has 2 aromatic rings. The van der Waals surface area contributed by atoms with Gasteiger partial charge in [-0.25, -0.2) is 0 Å². The van der Waals surface area contributed by atoms with Gasteiger partial charge in [-0.2, -0.15) is 13.2 Å². The Bertz CT molecular complexity index is 653. The highest BCUT2D eigenvalue weighted by Crippen LogP contribution is 2.30. The van der Waals surface area contributed by atoms with Gasteiger partial charge in [0.2, 0.25) is 0 Å². The molecule has 0 saturated carbocycles. The molecule has 1 N–H and O–H groups in total. The van der Waals surface area contributed by atoms with E-state index in [0.29, 0.717) is 11.4 Å². The smallest absolute Gasteiger partial charge is 0.416 e. The standard InChI is InChI=1S/C15H12F3NO2/c1-21-13-8-3-2-7-12(13)19-14(20)10-5-4-6-11(9-10)15(16,17)18/h2-9H,1H3,(H,19,20). The van der Waals surface area contributed by atoms with Crippen LogP contribution < -0.4 is 10.1 Å². The van der Waals surface area contributed by atoms with Crippen molar-refractivity contribution in [3.63, 3.8) is 0 Å². The van der Waals surface area contributed by atoms with Gasteiger partial charge in [0.1, 0.15) is 5.75 Å². The number of anilines is 1. The zero-order valence-corrected chi connectivity index (χ0v) is 11.1. The fourth-order valence-electron chi connectivity index (χ4n) is 1.78. The quantitative estimate of drug-likeness (QED) is 0.930. The van der Waals surface area contributed by atoms with Crippen LogP contribution in [0, 0.1) is 0 Å². The molecule has 1 amide bonds. The van der Waals surface area contributed by atoms with E-state index in [1.54, 1.807) is 24.3 Å². The monoisotopic (exact) mass is 295 g/mol. The molecule has 0 aliphatic carbocycles. The van der Waals surface area contributed by atoms with Crippen molar-refractivity contribution in [3.8, 4) is 5.75 Å². The fourth-order valence-corrected chi connectivity index (χ4v) is 1.78. The third kappa shape index (κ3) is 3.53. The lowest BCUT2D eigenvalue weighted by atomic mass is 10.1. The number of hydrogen-bond donors (Lipinski definition) is 1. The van der Waals surface area contributed by atoms with Crippen LogP contribution in [0.5, 0.6) is 5.75 Å². The molecule has 0 spiro atoms. The zero-order chi connectivity index (χ0) is 15.5. The summed E-state index contributed by atoms with van der Waals surface area (Å²) in [7, 11) is 1.44. The third-order valence-corrected chi connectivity index (χ3v) is 2.81. The minimum absolute atomic E-state index is 0.0734. The normalized spacial score (nSPS) is 11.0. The summed E-state index contributed by atoms with van der Waals surface area (Å²) in [5, 5.41) is 2.53. The van der Waals surface area contributed by atoms with Crippen molar-refractivity contribution >= 4 is 11.6 Å². The molecule has 0 saturated heterocycles. The fraction of sp³-hybridized carbons (Fsp3) is 0.133. The van der Waals surface area contributed by atoms with E-state index in [4.69, 9.17) is 4.74 Å². The molecule has 21 heavy (non-hydrogen) atoms. The molecule has 6 heteroatoms. The minimum Gasteiger partial charge on any atom is -0.495 e. The highest BCUT2D eigenvalue weighted by Gasteiger charge is 2.30. The molecule has 2 rings (SSSR count). The molecular weight excluding hydrogens is 283 g/mol. The van der Waals surface area contributed by atoms with Gasteiger partial charge in [-0.05, 0) is 30.3 Å². The van der Waals surface area contributed by atoms with E-state index in [9.17, 15) is 18.0 Å². The zero-order valence-electron chi connectivity index (χ0n) is 11.1. The van der Waals surface area contributed by atoms with Crippen LogP contribution in [0.3, 0.4) is 0 Å². The maximum Gasteiger partial charge on any atom is 0.416 e. The number of hydrogen-bond acceptors (Lipinski definition) is 2. The maximum absolute atomic E-state index is 12.6. The van der Waals surface area contributed by atoms with Gasteiger partial charge in [-0.1, -0.05) is 18.2 Å². The molecule has 0 aliphatic rings. The lowest BCUT2D eigenvalue weighted by molar-refractivity contribution is -0.137. The van der Waals surface area contributed by atoms with Gasteiger partial charge in [-0.15, -0.1) is 0 Å². The number of nitrogens with one attached hydrogen (secondary N) is 1. The van der Waals surface area contributed by atoms with Crippen molar-refractivity contribution in [1.82, 2.24) is 0 Å². The first-order valence-corrected chi connectivity index (χ1v) is 6.03. The summed E-state index contributed by atoms with van der Waals surface area (Å²) in [6.45, 7) is 0. The highest BCUT2D eigenvalue weighted by atomic mass is 19.4. The number of benzene rings is 2.